The van der Waals surface area contributed by atoms with E-state index in [4.69, 9.17) is 19.2 Å². The molecule has 0 bridgehead atoms. The van der Waals surface area contributed by atoms with Crippen LogP contribution in [0, 0.1) is 0 Å². The number of carbonyl (C=O) groups excluding carboxylic acids is 2. The van der Waals surface area contributed by atoms with Gasteiger partial charge in [-0.25, -0.2) is 9.79 Å². The van der Waals surface area contributed by atoms with Crippen molar-refractivity contribution in [1.82, 2.24) is 14.7 Å². The minimum Gasteiger partial charge on any atom is -0.497 e. The van der Waals surface area contributed by atoms with E-state index in [2.05, 4.69) is 37.9 Å². The molecule has 246 valence electrons. The number of rotatable bonds is 14. The molecule has 0 saturated heterocycles. The van der Waals surface area contributed by atoms with Gasteiger partial charge in [-0.1, -0.05) is 20.8 Å². The van der Waals surface area contributed by atoms with Crippen LogP contribution in [-0.4, -0.2) is 98.4 Å². The van der Waals surface area contributed by atoms with E-state index >= 15 is 0 Å². The second kappa shape index (κ2) is 16.2. The number of amides is 2. The van der Waals surface area contributed by atoms with Crippen LogP contribution in [0.3, 0.4) is 0 Å². The van der Waals surface area contributed by atoms with E-state index in [0.29, 0.717) is 42.3 Å². The normalized spacial score (nSPS) is 16.0. The van der Waals surface area contributed by atoms with E-state index in [9.17, 15) is 9.59 Å². The van der Waals surface area contributed by atoms with Gasteiger partial charge in [-0.2, -0.15) is 0 Å². The van der Waals surface area contributed by atoms with Crippen molar-refractivity contribution in [1.29, 1.82) is 0 Å². The molecule has 2 aromatic carbocycles. The molecule has 0 fully saturated rings. The van der Waals surface area contributed by atoms with Gasteiger partial charge in [-0.15, -0.1) is 0 Å². The first-order valence-electron chi connectivity index (χ1n) is 15.6. The van der Waals surface area contributed by atoms with Gasteiger partial charge in [-0.05, 0) is 76.7 Å². The fourth-order valence-corrected chi connectivity index (χ4v) is 5.23. The fourth-order valence-electron chi connectivity index (χ4n) is 5.23. The van der Waals surface area contributed by atoms with Crippen molar-refractivity contribution in [2.75, 3.05) is 64.2 Å². The molecular weight excluding hydrogens is 572 g/mol. The van der Waals surface area contributed by atoms with Crippen LogP contribution in [0.2, 0.25) is 0 Å². The lowest BCUT2D eigenvalue weighted by Gasteiger charge is -2.43. The van der Waals surface area contributed by atoms with Gasteiger partial charge in [0.2, 0.25) is 11.7 Å². The summed E-state index contributed by atoms with van der Waals surface area (Å²) in [7, 11) is 4.96. The van der Waals surface area contributed by atoms with E-state index in [-0.39, 0.29) is 17.8 Å². The van der Waals surface area contributed by atoms with Gasteiger partial charge in [0.1, 0.15) is 11.5 Å². The van der Waals surface area contributed by atoms with Crippen LogP contribution in [0.1, 0.15) is 58.3 Å². The van der Waals surface area contributed by atoms with Gasteiger partial charge in [-0.3, -0.25) is 9.69 Å². The Kier molecular flexibility index (Phi) is 12.7. The number of likely N-dealkylation sites (N-methyl/N-ethyl adjacent to an activating group) is 2. The molecule has 1 aliphatic rings. The number of aliphatic imine (C=N–C) groups is 1. The first-order valence-corrected chi connectivity index (χ1v) is 15.6. The van der Waals surface area contributed by atoms with E-state index in [1.165, 1.54) is 4.90 Å². The molecule has 1 aliphatic heterocycles. The van der Waals surface area contributed by atoms with Crippen LogP contribution >= 0.6 is 0 Å². The molecule has 45 heavy (non-hydrogen) atoms. The largest absolute Gasteiger partial charge is 0.497 e. The van der Waals surface area contributed by atoms with Crippen molar-refractivity contribution in [2.24, 2.45) is 4.99 Å². The van der Waals surface area contributed by atoms with Gasteiger partial charge in [0, 0.05) is 62.3 Å². The maximum absolute atomic E-state index is 13.5. The highest BCUT2D eigenvalue weighted by molar-refractivity contribution is 6.02. The predicted octanol–water partition coefficient (Wildman–Crippen LogP) is 5.89. The van der Waals surface area contributed by atoms with Crippen LogP contribution in [0.4, 0.5) is 16.2 Å². The van der Waals surface area contributed by atoms with Gasteiger partial charge < -0.3 is 34.2 Å². The summed E-state index contributed by atoms with van der Waals surface area (Å²) >= 11 is 0. The van der Waals surface area contributed by atoms with E-state index in [1.54, 1.807) is 43.4 Å². The van der Waals surface area contributed by atoms with E-state index < -0.39 is 11.9 Å². The highest BCUT2D eigenvalue weighted by Crippen LogP contribution is 2.33. The minimum absolute atomic E-state index is 0.0262. The number of benzene rings is 2. The van der Waals surface area contributed by atoms with Crippen LogP contribution in [0.15, 0.2) is 59.7 Å². The summed E-state index contributed by atoms with van der Waals surface area (Å²) in [6.45, 7) is 16.1. The number of carbonyl (C=O) groups is 2. The smallest absolute Gasteiger partial charge is 0.421 e. The molecule has 1 heterocycles. The van der Waals surface area contributed by atoms with Gasteiger partial charge >= 0.3 is 6.09 Å². The standard InChI is InChI=1S/C34H50N6O5/c1-10-20-39(29-18-17-28(43-8)24-30(29)44-9)33(42)45-31-19-21-40(25(4)5)34(6,36-31)35-27-15-13-26(14-16-27)32(41)37(7)22-23-38(11-2)12-3/h13-19,21,24-25,35H,10-12,20,22-23H2,1-9H3. The predicted molar refractivity (Wildman–Crippen MR) is 180 cm³/mol. The third-order valence-corrected chi connectivity index (χ3v) is 7.81. The quantitative estimate of drug-likeness (QED) is 0.279. The molecule has 3 rings (SSSR count). The summed E-state index contributed by atoms with van der Waals surface area (Å²) in [5, 5.41) is 3.48. The van der Waals surface area contributed by atoms with Crippen LogP contribution in [0.25, 0.3) is 0 Å². The van der Waals surface area contributed by atoms with Crippen molar-refractivity contribution in [3.05, 3.63) is 60.3 Å². The number of nitrogens with one attached hydrogen (secondary N) is 1. The average molecular weight is 623 g/mol. The number of anilines is 2. The topological polar surface area (TPSA) is 99.2 Å². The lowest BCUT2D eigenvalue weighted by atomic mass is 10.1. The lowest BCUT2D eigenvalue weighted by Crippen LogP contribution is -2.53. The second-order valence-electron chi connectivity index (χ2n) is 11.3. The Bertz CT molecular complexity index is 1340. The van der Waals surface area contributed by atoms with E-state index in [1.807, 2.05) is 56.3 Å². The molecular formula is C34H50N6O5. The monoisotopic (exact) mass is 622 g/mol. The van der Waals surface area contributed by atoms with Crippen molar-refractivity contribution in [3.8, 4) is 11.5 Å². The Morgan fingerprint density at radius 2 is 1.67 bits per heavy atom. The third-order valence-electron chi connectivity index (χ3n) is 7.81. The molecule has 0 radical (unpaired) electrons. The van der Waals surface area contributed by atoms with Gasteiger partial charge in [0.25, 0.3) is 5.91 Å². The molecule has 0 aromatic heterocycles. The summed E-state index contributed by atoms with van der Waals surface area (Å²) in [5.41, 5.74) is 1.95. The maximum Gasteiger partial charge on any atom is 0.421 e. The SMILES string of the molecule is CCCN(C(=O)OC1=NC(C)(Nc2ccc(C(=O)N(C)CCN(CC)CC)cc2)N(C(C)C)C=C1)c1ccc(OC)cc1OC. The van der Waals surface area contributed by atoms with Crippen molar-refractivity contribution in [2.45, 2.75) is 59.8 Å². The van der Waals surface area contributed by atoms with Crippen molar-refractivity contribution >= 4 is 29.3 Å². The van der Waals surface area contributed by atoms with Crippen molar-refractivity contribution in [3.63, 3.8) is 0 Å². The summed E-state index contributed by atoms with van der Waals surface area (Å²) < 4.78 is 16.7. The highest BCUT2D eigenvalue weighted by Gasteiger charge is 2.35. The summed E-state index contributed by atoms with van der Waals surface area (Å²) in [4.78, 5) is 39.0. The van der Waals surface area contributed by atoms with E-state index in [0.717, 1.165) is 25.3 Å². The number of hydrogen-bond donors (Lipinski definition) is 1. The minimum atomic E-state index is -0.974. The highest BCUT2D eigenvalue weighted by atomic mass is 16.6. The lowest BCUT2D eigenvalue weighted by molar-refractivity contribution is 0.0779. The molecule has 0 aliphatic carbocycles. The first kappa shape index (κ1) is 35.2. The average Bonchev–Trinajstić information content (AvgIpc) is 3.03. The summed E-state index contributed by atoms with van der Waals surface area (Å²) in [6, 6.07) is 12.7. The number of methoxy groups -OCH3 is 2. The van der Waals surface area contributed by atoms with Crippen LogP contribution in [0.5, 0.6) is 11.5 Å². The second-order valence-corrected chi connectivity index (χ2v) is 11.3. The van der Waals surface area contributed by atoms with Gasteiger partial charge in [0.05, 0.1) is 19.9 Å². The maximum atomic E-state index is 13.5. The fraction of sp³-hybridized carbons (Fsp3) is 0.500. The molecule has 1 atom stereocenters. The third kappa shape index (κ3) is 8.91. The Morgan fingerprint density at radius 3 is 2.24 bits per heavy atom. The molecule has 2 aromatic rings. The molecule has 0 spiro atoms. The molecule has 11 nitrogen and oxygen atoms in total. The molecule has 1 unspecified atom stereocenters. The Balaban J connectivity index is 1.80. The number of ether oxygens (including phenoxy) is 3. The first-order chi connectivity index (χ1) is 21.5. The molecule has 11 heteroatoms. The Hall–Kier alpha value is -4.25. The number of nitrogens with zero attached hydrogens (tertiary/aromatic N) is 5. The summed E-state index contributed by atoms with van der Waals surface area (Å²) in [6.07, 6.45) is 3.69. The zero-order valence-electron chi connectivity index (χ0n) is 28.3. The Morgan fingerprint density at radius 1 is 0.978 bits per heavy atom. The van der Waals surface area contributed by atoms with Crippen LogP contribution in [-0.2, 0) is 4.74 Å². The molecule has 1 N–H and O–H groups in total. The zero-order valence-corrected chi connectivity index (χ0v) is 28.3. The van der Waals surface area contributed by atoms with Gasteiger partial charge in [0.15, 0.2) is 0 Å². The Labute approximate surface area is 268 Å². The van der Waals surface area contributed by atoms with Crippen molar-refractivity contribution < 1.29 is 23.8 Å². The number of hydrogen-bond acceptors (Lipinski definition) is 9. The summed E-state index contributed by atoms with van der Waals surface area (Å²) in [5.74, 6) is 0.285. The zero-order chi connectivity index (χ0) is 33.1. The van der Waals surface area contributed by atoms with Crippen LogP contribution < -0.4 is 19.7 Å². The molecule has 0 saturated carbocycles. The molecule has 2 amide bonds.